The molecule has 1 aliphatic rings. The molecule has 0 fully saturated rings. The fourth-order valence-corrected chi connectivity index (χ4v) is 2.69. The molecule has 20 heavy (non-hydrogen) atoms. The molecule has 4 heteroatoms. The van der Waals surface area contributed by atoms with Gasteiger partial charge in [-0.05, 0) is 42.3 Å². The monoisotopic (exact) mass is 287 g/mol. The Labute approximate surface area is 122 Å². The quantitative estimate of drug-likeness (QED) is 0.812. The molecule has 0 amide bonds. The van der Waals surface area contributed by atoms with Crippen LogP contribution >= 0.6 is 11.6 Å². The minimum atomic E-state index is -0.0198. The van der Waals surface area contributed by atoms with Gasteiger partial charge in [-0.25, -0.2) is 0 Å². The Bertz CT molecular complexity index is 682. The van der Waals surface area contributed by atoms with Crippen molar-refractivity contribution < 1.29 is 9.53 Å². The smallest absolute Gasteiger partial charge is 0.185 e. The molecule has 3 rings (SSSR count). The summed E-state index contributed by atoms with van der Waals surface area (Å²) >= 11 is 6.10. The highest BCUT2D eigenvalue weighted by molar-refractivity contribution is 6.30. The number of fused-ring (bicyclic) bond motifs is 1. The number of hydrogen-bond acceptors (Lipinski definition) is 3. The third-order valence-corrected chi connectivity index (χ3v) is 3.60. The number of Topliss-reactive ketones (excluding diaryl/α,β-unsaturated/α-hetero) is 1. The van der Waals surface area contributed by atoms with Crippen LogP contribution in [0.1, 0.15) is 27.2 Å². The van der Waals surface area contributed by atoms with E-state index >= 15 is 0 Å². The summed E-state index contributed by atoms with van der Waals surface area (Å²) < 4.78 is 5.61. The van der Waals surface area contributed by atoms with Gasteiger partial charge in [-0.1, -0.05) is 11.6 Å². The molecule has 1 aliphatic heterocycles. The number of aromatic nitrogens is 1. The summed E-state index contributed by atoms with van der Waals surface area (Å²) in [5.74, 6) is 0.795. The normalized spacial score (nSPS) is 12.9. The highest BCUT2D eigenvalue weighted by Gasteiger charge is 2.20. The lowest BCUT2D eigenvalue weighted by Crippen LogP contribution is -2.07. The standard InChI is InChI=1S/C16H14ClNO2/c1-10-2-4-18-14(6-10)15(19)9-12-8-13(17)7-11-3-5-20-16(11)12/h2,4,6-8H,3,5,9H2,1H3. The van der Waals surface area contributed by atoms with Gasteiger partial charge in [0.2, 0.25) is 0 Å². The maximum atomic E-state index is 12.3. The Hall–Kier alpha value is -1.87. The van der Waals surface area contributed by atoms with Crippen molar-refractivity contribution in [1.29, 1.82) is 0 Å². The second-order valence-corrected chi connectivity index (χ2v) is 5.41. The molecule has 0 saturated carbocycles. The summed E-state index contributed by atoms with van der Waals surface area (Å²) in [6.07, 6.45) is 2.76. The number of nitrogens with zero attached hydrogens (tertiary/aromatic N) is 1. The number of ether oxygens (including phenoxy) is 1. The number of halogens is 1. The molecular weight excluding hydrogens is 274 g/mol. The third-order valence-electron chi connectivity index (χ3n) is 3.38. The predicted octanol–water partition coefficient (Wildman–Crippen LogP) is 3.40. The van der Waals surface area contributed by atoms with Crippen LogP contribution in [0.4, 0.5) is 0 Å². The molecule has 2 aromatic rings. The summed E-state index contributed by atoms with van der Waals surface area (Å²) in [5.41, 5.74) is 3.43. The number of pyridine rings is 1. The van der Waals surface area contributed by atoms with E-state index in [1.165, 1.54) is 0 Å². The molecule has 0 atom stereocenters. The van der Waals surface area contributed by atoms with Crippen LogP contribution in [-0.2, 0) is 12.8 Å². The van der Waals surface area contributed by atoms with E-state index in [4.69, 9.17) is 16.3 Å². The van der Waals surface area contributed by atoms with Crippen molar-refractivity contribution in [2.45, 2.75) is 19.8 Å². The molecule has 1 aromatic carbocycles. The van der Waals surface area contributed by atoms with Crippen LogP contribution in [0.5, 0.6) is 5.75 Å². The van der Waals surface area contributed by atoms with Gasteiger partial charge in [-0.2, -0.15) is 0 Å². The van der Waals surface area contributed by atoms with E-state index in [9.17, 15) is 4.79 Å². The van der Waals surface area contributed by atoms with Gasteiger partial charge in [-0.3, -0.25) is 9.78 Å². The first-order chi connectivity index (χ1) is 9.63. The fourth-order valence-electron chi connectivity index (χ4n) is 2.43. The second-order valence-electron chi connectivity index (χ2n) is 4.97. The van der Waals surface area contributed by atoms with Crippen LogP contribution in [0.25, 0.3) is 0 Å². The molecule has 0 radical (unpaired) electrons. The maximum Gasteiger partial charge on any atom is 0.185 e. The van der Waals surface area contributed by atoms with E-state index in [1.807, 2.05) is 19.1 Å². The van der Waals surface area contributed by atoms with Gasteiger partial charge in [0.05, 0.1) is 6.61 Å². The molecule has 0 aliphatic carbocycles. The largest absolute Gasteiger partial charge is 0.493 e. The van der Waals surface area contributed by atoms with E-state index < -0.39 is 0 Å². The van der Waals surface area contributed by atoms with Gasteiger partial charge in [-0.15, -0.1) is 0 Å². The highest BCUT2D eigenvalue weighted by Crippen LogP contribution is 2.33. The molecule has 102 valence electrons. The topological polar surface area (TPSA) is 39.2 Å². The Morgan fingerprint density at radius 3 is 3.05 bits per heavy atom. The van der Waals surface area contributed by atoms with Crippen molar-refractivity contribution in [2.75, 3.05) is 6.61 Å². The Kier molecular flexibility index (Phi) is 3.45. The van der Waals surface area contributed by atoms with Gasteiger partial charge in [0.15, 0.2) is 5.78 Å². The predicted molar refractivity (Wildman–Crippen MR) is 77.7 cm³/mol. The third kappa shape index (κ3) is 2.54. The minimum Gasteiger partial charge on any atom is -0.493 e. The first kappa shape index (κ1) is 13.1. The van der Waals surface area contributed by atoms with Crippen molar-refractivity contribution >= 4 is 17.4 Å². The first-order valence-corrected chi connectivity index (χ1v) is 6.91. The lowest BCUT2D eigenvalue weighted by atomic mass is 10.0. The number of rotatable bonds is 3. The summed E-state index contributed by atoms with van der Waals surface area (Å²) in [6, 6.07) is 7.38. The van der Waals surface area contributed by atoms with E-state index in [0.717, 1.165) is 28.9 Å². The molecular formula is C16H14ClNO2. The van der Waals surface area contributed by atoms with Crippen LogP contribution in [-0.4, -0.2) is 17.4 Å². The zero-order valence-corrected chi connectivity index (χ0v) is 11.9. The van der Waals surface area contributed by atoms with Gasteiger partial charge in [0, 0.05) is 29.6 Å². The van der Waals surface area contributed by atoms with E-state index in [0.29, 0.717) is 17.3 Å². The molecule has 2 heterocycles. The Morgan fingerprint density at radius 2 is 2.25 bits per heavy atom. The van der Waals surface area contributed by atoms with Crippen LogP contribution in [0.3, 0.4) is 0 Å². The first-order valence-electron chi connectivity index (χ1n) is 6.53. The van der Waals surface area contributed by atoms with Crippen molar-refractivity contribution in [1.82, 2.24) is 4.98 Å². The lowest BCUT2D eigenvalue weighted by Gasteiger charge is -2.08. The van der Waals surface area contributed by atoms with Crippen molar-refractivity contribution in [2.24, 2.45) is 0 Å². The SMILES string of the molecule is Cc1ccnc(C(=O)Cc2cc(Cl)cc3c2OCC3)c1. The molecule has 0 spiro atoms. The Balaban J connectivity index is 1.90. The van der Waals surface area contributed by atoms with E-state index in [-0.39, 0.29) is 12.2 Å². The Morgan fingerprint density at radius 1 is 1.40 bits per heavy atom. The number of hydrogen-bond donors (Lipinski definition) is 0. The van der Waals surface area contributed by atoms with Crippen molar-refractivity contribution in [3.05, 3.63) is 57.9 Å². The van der Waals surface area contributed by atoms with Gasteiger partial charge in [0.25, 0.3) is 0 Å². The van der Waals surface area contributed by atoms with E-state index in [2.05, 4.69) is 4.98 Å². The molecule has 1 aromatic heterocycles. The van der Waals surface area contributed by atoms with Gasteiger partial charge < -0.3 is 4.74 Å². The maximum absolute atomic E-state index is 12.3. The zero-order valence-electron chi connectivity index (χ0n) is 11.1. The van der Waals surface area contributed by atoms with Gasteiger partial charge in [0.1, 0.15) is 11.4 Å². The van der Waals surface area contributed by atoms with Crippen LogP contribution < -0.4 is 4.74 Å². The van der Waals surface area contributed by atoms with Crippen LogP contribution in [0, 0.1) is 6.92 Å². The van der Waals surface area contributed by atoms with Crippen molar-refractivity contribution in [3.63, 3.8) is 0 Å². The molecule has 3 nitrogen and oxygen atoms in total. The zero-order chi connectivity index (χ0) is 14.1. The molecule has 0 unspecified atom stereocenters. The number of aryl methyl sites for hydroxylation is 1. The van der Waals surface area contributed by atoms with Crippen molar-refractivity contribution in [3.8, 4) is 5.75 Å². The number of ketones is 1. The summed E-state index contributed by atoms with van der Waals surface area (Å²) in [6.45, 7) is 2.60. The number of carbonyl (C=O) groups is 1. The summed E-state index contributed by atoms with van der Waals surface area (Å²) in [7, 11) is 0. The summed E-state index contributed by atoms with van der Waals surface area (Å²) in [5, 5.41) is 0.647. The van der Waals surface area contributed by atoms with Crippen LogP contribution in [0.2, 0.25) is 5.02 Å². The van der Waals surface area contributed by atoms with Gasteiger partial charge >= 0.3 is 0 Å². The molecule has 0 N–H and O–H groups in total. The molecule has 0 bridgehead atoms. The lowest BCUT2D eigenvalue weighted by molar-refractivity contribution is 0.0987. The molecule has 0 saturated heterocycles. The van der Waals surface area contributed by atoms with Crippen LogP contribution in [0.15, 0.2) is 30.5 Å². The van der Waals surface area contributed by atoms with E-state index in [1.54, 1.807) is 18.3 Å². The average molecular weight is 288 g/mol. The highest BCUT2D eigenvalue weighted by atomic mass is 35.5. The minimum absolute atomic E-state index is 0.0198. The number of carbonyl (C=O) groups excluding carboxylic acids is 1. The second kappa shape index (κ2) is 5.25. The summed E-state index contributed by atoms with van der Waals surface area (Å²) in [4.78, 5) is 16.4. The fraction of sp³-hybridized carbons (Fsp3) is 0.250. The number of benzene rings is 1. The average Bonchev–Trinajstić information content (AvgIpc) is 2.86.